The van der Waals surface area contributed by atoms with E-state index in [-0.39, 0.29) is 18.0 Å². The third kappa shape index (κ3) is 9.35. The van der Waals surface area contributed by atoms with Crippen LogP contribution in [0.3, 0.4) is 0 Å². The molecule has 0 atom stereocenters. The van der Waals surface area contributed by atoms with Gasteiger partial charge in [0, 0.05) is 11.6 Å². The topological polar surface area (TPSA) is 135 Å². The molecular weight excluding hydrogens is 688 g/mol. The molecule has 0 amide bonds. The van der Waals surface area contributed by atoms with Crippen LogP contribution in [0.5, 0.6) is 51.7 Å². The summed E-state index contributed by atoms with van der Waals surface area (Å²) in [6.07, 6.45) is 0. The summed E-state index contributed by atoms with van der Waals surface area (Å²) >= 11 is 0. The number of rotatable bonds is 18. The number of hydrogen-bond acceptors (Lipinski definition) is 12. The van der Waals surface area contributed by atoms with E-state index in [0.717, 1.165) is 0 Å². The summed E-state index contributed by atoms with van der Waals surface area (Å²) in [5, 5.41) is 11.9. The molecule has 0 aliphatic rings. The Hall–Kier alpha value is -5.48. The van der Waals surface area contributed by atoms with Crippen LogP contribution in [-0.4, -0.2) is 33.4 Å². The van der Waals surface area contributed by atoms with Crippen LogP contribution >= 0.6 is 17.2 Å². The van der Waals surface area contributed by atoms with E-state index in [0.29, 0.717) is 51.6 Å². The Balaban J connectivity index is 1.47. The molecule has 0 aliphatic heterocycles. The fourth-order valence-electron chi connectivity index (χ4n) is 4.29. The largest absolute Gasteiger partial charge is 0.530 e. The molecule has 260 valence electrons. The summed E-state index contributed by atoms with van der Waals surface area (Å²) in [5.41, 5.74) is 0.168. The van der Waals surface area contributed by atoms with Crippen molar-refractivity contribution in [2.45, 2.75) is 6.61 Å². The van der Waals surface area contributed by atoms with Crippen LogP contribution < -0.4 is 41.6 Å². The fourth-order valence-corrected chi connectivity index (χ4v) is 6.36. The van der Waals surface area contributed by atoms with Gasteiger partial charge in [0.25, 0.3) is 5.69 Å². The summed E-state index contributed by atoms with van der Waals surface area (Å²) in [6, 6.07) is 32.0. The van der Waals surface area contributed by atoms with Crippen LogP contribution in [0.15, 0.2) is 115 Å². The molecule has 5 rings (SSSR count). The van der Waals surface area contributed by atoms with Crippen molar-refractivity contribution in [1.82, 2.24) is 0 Å². The van der Waals surface area contributed by atoms with Gasteiger partial charge in [-0.25, -0.2) is 0 Å². The Kier molecular flexibility index (Phi) is 12.7. The van der Waals surface area contributed by atoms with Crippen molar-refractivity contribution >= 4 is 22.9 Å². The first-order valence-electron chi connectivity index (χ1n) is 14.8. The molecule has 0 N–H and O–H groups in total. The number of nitrogens with zero attached hydrogens (tertiary/aromatic N) is 1. The zero-order valence-corrected chi connectivity index (χ0v) is 29.2. The zero-order chi connectivity index (χ0) is 35.3. The van der Waals surface area contributed by atoms with Crippen molar-refractivity contribution in [2.24, 2.45) is 0 Å². The average Bonchev–Trinajstić information content (AvgIpc) is 3.15. The van der Waals surface area contributed by atoms with Crippen LogP contribution in [0.2, 0.25) is 0 Å². The van der Waals surface area contributed by atoms with Gasteiger partial charge < -0.3 is 41.6 Å². The monoisotopic (exact) mass is 721 g/mol. The van der Waals surface area contributed by atoms with Crippen molar-refractivity contribution in [3.63, 3.8) is 0 Å². The van der Waals surface area contributed by atoms with E-state index in [1.54, 1.807) is 97.1 Å². The number of hydrogen-bond donors (Lipinski definition) is 0. The molecule has 0 aliphatic carbocycles. The van der Waals surface area contributed by atoms with Crippen LogP contribution in [0, 0.1) is 10.1 Å². The maximum atomic E-state index is 11.9. The highest BCUT2D eigenvalue weighted by Gasteiger charge is 2.28. The molecule has 5 aromatic rings. The minimum Gasteiger partial charge on any atom is -0.493 e. The maximum Gasteiger partial charge on any atom is 0.530 e. The summed E-state index contributed by atoms with van der Waals surface area (Å²) in [4.78, 5) is 11.3. The Morgan fingerprint density at radius 3 is 1.18 bits per heavy atom. The predicted molar refractivity (Wildman–Crippen MR) is 187 cm³/mol. The van der Waals surface area contributed by atoms with Crippen molar-refractivity contribution in [2.75, 3.05) is 28.4 Å². The average molecular weight is 722 g/mol. The number of nitro benzene ring substituents is 1. The van der Waals surface area contributed by atoms with Gasteiger partial charge in [-0.2, -0.15) is 0 Å². The van der Waals surface area contributed by atoms with Crippen LogP contribution in [0.25, 0.3) is 0 Å². The fraction of sp³-hybridized carbons (Fsp3) is 0.143. The molecule has 0 bridgehead atoms. The number of benzene rings is 5. The Morgan fingerprint density at radius 1 is 0.480 bits per heavy atom. The van der Waals surface area contributed by atoms with Crippen LogP contribution in [0.1, 0.15) is 5.56 Å². The normalized spacial score (nSPS) is 10.7. The second-order valence-corrected chi connectivity index (χ2v) is 11.9. The number of non-ortho nitro benzene ring substituents is 1. The SMILES string of the molecule is COc1ccccc1OP(OCc1ccc([N+](=O)[O-])cc1OP(Oc1ccccc1OC)Oc1ccccc1OC)Oc1ccccc1OC. The lowest BCUT2D eigenvalue weighted by Crippen LogP contribution is -2.07. The highest BCUT2D eigenvalue weighted by Crippen LogP contribution is 2.50. The first-order chi connectivity index (χ1) is 24.4. The molecule has 0 spiro atoms. The Morgan fingerprint density at radius 2 is 0.820 bits per heavy atom. The predicted octanol–water partition coefficient (Wildman–Crippen LogP) is 9.29. The maximum absolute atomic E-state index is 11.9. The lowest BCUT2D eigenvalue weighted by atomic mass is 10.2. The smallest absolute Gasteiger partial charge is 0.493 e. The summed E-state index contributed by atoms with van der Waals surface area (Å²) in [6.45, 7) is -0.171. The number of methoxy groups -OCH3 is 4. The van der Waals surface area contributed by atoms with Crippen molar-refractivity contribution in [3.8, 4) is 51.7 Å². The number of para-hydroxylation sites is 8. The first-order valence-corrected chi connectivity index (χ1v) is 17.0. The van der Waals surface area contributed by atoms with Gasteiger partial charge in [-0.3, -0.25) is 14.6 Å². The molecule has 0 radical (unpaired) electrons. The van der Waals surface area contributed by atoms with E-state index < -0.39 is 22.1 Å². The van der Waals surface area contributed by atoms with E-state index in [2.05, 4.69) is 0 Å². The summed E-state index contributed by atoms with van der Waals surface area (Å²) < 4.78 is 59.1. The molecule has 0 saturated heterocycles. The lowest BCUT2D eigenvalue weighted by molar-refractivity contribution is -0.384. The molecule has 15 heteroatoms. The van der Waals surface area contributed by atoms with E-state index >= 15 is 0 Å². The molecule has 0 saturated carbocycles. The molecule has 0 unspecified atom stereocenters. The quantitative estimate of drug-likeness (QED) is 0.0485. The Labute approximate surface area is 291 Å². The minimum absolute atomic E-state index is 0.0552. The molecule has 50 heavy (non-hydrogen) atoms. The van der Waals surface area contributed by atoms with Crippen molar-refractivity contribution in [3.05, 3.63) is 131 Å². The van der Waals surface area contributed by atoms with Gasteiger partial charge in [-0.05, 0) is 54.6 Å². The van der Waals surface area contributed by atoms with Crippen LogP contribution in [0.4, 0.5) is 5.69 Å². The lowest BCUT2D eigenvalue weighted by Gasteiger charge is -2.22. The molecule has 0 aromatic heterocycles. The van der Waals surface area contributed by atoms with E-state index in [9.17, 15) is 10.1 Å². The second kappa shape index (κ2) is 17.8. The molecule has 5 aromatic carbocycles. The van der Waals surface area contributed by atoms with E-state index in [1.807, 2.05) is 0 Å². The molecular formula is C35H33NO12P2. The first kappa shape index (κ1) is 35.8. The highest BCUT2D eigenvalue weighted by atomic mass is 31.2. The summed E-state index contributed by atoms with van der Waals surface area (Å²) in [7, 11) is 1.55. The van der Waals surface area contributed by atoms with Crippen LogP contribution in [-0.2, 0) is 11.1 Å². The van der Waals surface area contributed by atoms with Gasteiger partial charge in [0.2, 0.25) is 0 Å². The summed E-state index contributed by atoms with van der Waals surface area (Å²) in [5.74, 6) is 3.18. The second-order valence-electron chi connectivity index (χ2n) is 9.83. The number of ether oxygens (including phenoxy) is 4. The standard InChI is InChI=1S/C35H33NO12P2/c1-39-27-13-5-9-17-31(27)44-49(45-32-18-10-6-14-28(32)40-2)43-24-25-21-22-26(36(37)38)23-35(25)48-50(46-33-19-11-7-15-29(33)41-3)47-34-20-12-8-16-30(34)42-4/h5-23H,24H2,1-4H3. The highest BCUT2D eigenvalue weighted by molar-refractivity contribution is 7.43. The van der Waals surface area contributed by atoms with Gasteiger partial charge in [0.05, 0.1) is 46.0 Å². The van der Waals surface area contributed by atoms with Crippen molar-refractivity contribution < 1.29 is 51.0 Å². The van der Waals surface area contributed by atoms with Gasteiger partial charge in [-0.1, -0.05) is 48.5 Å². The molecule has 13 nitrogen and oxygen atoms in total. The van der Waals surface area contributed by atoms with Gasteiger partial charge >= 0.3 is 17.2 Å². The van der Waals surface area contributed by atoms with Gasteiger partial charge in [-0.15, -0.1) is 0 Å². The third-order valence-electron chi connectivity index (χ3n) is 6.73. The van der Waals surface area contributed by atoms with E-state index in [1.165, 1.54) is 46.6 Å². The van der Waals surface area contributed by atoms with E-state index in [4.69, 9.17) is 46.1 Å². The number of nitro groups is 1. The van der Waals surface area contributed by atoms with Gasteiger partial charge in [0.15, 0.2) is 46.0 Å². The molecule has 0 fully saturated rings. The zero-order valence-electron chi connectivity index (χ0n) is 27.4. The minimum atomic E-state index is -2.33. The van der Waals surface area contributed by atoms with Crippen molar-refractivity contribution in [1.29, 1.82) is 0 Å². The molecule has 0 heterocycles. The Bertz CT molecular complexity index is 1780. The van der Waals surface area contributed by atoms with Gasteiger partial charge in [0.1, 0.15) is 5.75 Å². The third-order valence-corrected chi connectivity index (χ3v) is 8.80.